The molecule has 6 heteroatoms. The summed E-state index contributed by atoms with van der Waals surface area (Å²) in [7, 11) is 1.44. The lowest BCUT2D eigenvalue weighted by Crippen LogP contribution is -2.02. The monoisotopic (exact) mass is 396 g/mol. The van der Waals surface area contributed by atoms with Crippen LogP contribution in [0.5, 0.6) is 11.5 Å². The van der Waals surface area contributed by atoms with E-state index in [4.69, 9.17) is 16.3 Å². The van der Waals surface area contributed by atoms with Crippen molar-refractivity contribution in [2.45, 2.75) is 20.4 Å². The zero-order valence-electron chi connectivity index (χ0n) is 15.9. The number of ether oxygens (including phenoxy) is 1. The lowest BCUT2D eigenvalue weighted by Gasteiger charge is -2.04. The second-order valence-electron chi connectivity index (χ2n) is 6.52. The van der Waals surface area contributed by atoms with Gasteiger partial charge >= 0.3 is 0 Å². The average Bonchev–Trinajstić information content (AvgIpc) is 2.95. The molecule has 144 valence electrons. The van der Waals surface area contributed by atoms with E-state index in [9.17, 15) is 9.90 Å². The van der Waals surface area contributed by atoms with Crippen molar-refractivity contribution >= 4 is 23.5 Å². The van der Waals surface area contributed by atoms with Crippen LogP contribution < -0.4 is 4.74 Å². The molecule has 3 rings (SSSR count). The number of benzene rings is 2. The van der Waals surface area contributed by atoms with Crippen molar-refractivity contribution in [1.82, 2.24) is 9.78 Å². The lowest BCUT2D eigenvalue weighted by molar-refractivity contribution is 0.104. The van der Waals surface area contributed by atoms with E-state index in [-0.39, 0.29) is 17.3 Å². The molecular formula is C22H21ClN2O3. The van der Waals surface area contributed by atoms with E-state index in [0.717, 1.165) is 11.3 Å². The Morgan fingerprint density at radius 3 is 2.61 bits per heavy atom. The van der Waals surface area contributed by atoms with Gasteiger partial charge < -0.3 is 9.84 Å². The number of hydrogen-bond donors (Lipinski definition) is 1. The average molecular weight is 397 g/mol. The van der Waals surface area contributed by atoms with Gasteiger partial charge in [-0.05, 0) is 49.8 Å². The topological polar surface area (TPSA) is 64.3 Å². The number of aromatic hydroxyl groups is 1. The molecule has 5 nitrogen and oxygen atoms in total. The third-order valence-electron chi connectivity index (χ3n) is 4.43. The van der Waals surface area contributed by atoms with Crippen LogP contribution in [-0.4, -0.2) is 27.8 Å². The summed E-state index contributed by atoms with van der Waals surface area (Å²) in [4.78, 5) is 12.5. The molecule has 0 unspecified atom stereocenters. The summed E-state index contributed by atoms with van der Waals surface area (Å²) in [5.74, 6) is 0.0127. The van der Waals surface area contributed by atoms with Crippen molar-refractivity contribution in [3.63, 3.8) is 0 Å². The predicted octanol–water partition coefficient (Wildman–Crippen LogP) is 4.81. The van der Waals surface area contributed by atoms with Gasteiger partial charge in [0.15, 0.2) is 17.3 Å². The molecule has 3 aromatic rings. The van der Waals surface area contributed by atoms with E-state index in [2.05, 4.69) is 5.10 Å². The number of carbonyl (C=O) groups excluding carboxylic acids is 1. The quantitative estimate of drug-likeness (QED) is 0.479. The minimum Gasteiger partial charge on any atom is -0.504 e. The Morgan fingerprint density at radius 1 is 1.21 bits per heavy atom. The SMILES string of the molecule is COc1cc(C(=O)/C=C/c2c(C)nn(Cc3ccc(C)cc3)c2Cl)ccc1O. The highest BCUT2D eigenvalue weighted by atomic mass is 35.5. The molecule has 1 aromatic heterocycles. The van der Waals surface area contributed by atoms with Crippen LogP contribution in [0.4, 0.5) is 0 Å². The van der Waals surface area contributed by atoms with Gasteiger partial charge in [-0.1, -0.05) is 41.4 Å². The second-order valence-corrected chi connectivity index (χ2v) is 6.88. The van der Waals surface area contributed by atoms with E-state index in [0.29, 0.717) is 22.8 Å². The summed E-state index contributed by atoms with van der Waals surface area (Å²) in [6.45, 7) is 4.45. The number of allylic oxidation sites excluding steroid dienone is 1. The van der Waals surface area contributed by atoms with Gasteiger partial charge in [-0.25, -0.2) is 4.68 Å². The van der Waals surface area contributed by atoms with E-state index in [1.165, 1.54) is 30.9 Å². The fourth-order valence-corrected chi connectivity index (χ4v) is 3.11. The van der Waals surface area contributed by atoms with E-state index in [1.807, 2.05) is 38.1 Å². The molecule has 28 heavy (non-hydrogen) atoms. The van der Waals surface area contributed by atoms with Crippen molar-refractivity contribution in [1.29, 1.82) is 0 Å². The Kier molecular flexibility index (Phi) is 5.85. The summed E-state index contributed by atoms with van der Waals surface area (Å²) in [6, 6.07) is 12.6. The van der Waals surface area contributed by atoms with Gasteiger partial charge in [0.05, 0.1) is 19.3 Å². The van der Waals surface area contributed by atoms with Gasteiger partial charge in [0.1, 0.15) is 5.15 Å². The molecule has 0 saturated carbocycles. The first kappa shape index (κ1) is 19.7. The van der Waals surface area contributed by atoms with E-state index >= 15 is 0 Å². The first-order valence-corrected chi connectivity index (χ1v) is 9.14. The van der Waals surface area contributed by atoms with Crippen molar-refractivity contribution in [3.05, 3.63) is 81.6 Å². The minimum atomic E-state index is -0.222. The summed E-state index contributed by atoms with van der Waals surface area (Å²) in [6.07, 6.45) is 3.11. The highest BCUT2D eigenvalue weighted by molar-refractivity contribution is 6.31. The third-order valence-corrected chi connectivity index (χ3v) is 4.83. The van der Waals surface area contributed by atoms with Crippen LogP contribution in [0.3, 0.4) is 0 Å². The molecule has 0 bridgehead atoms. The Balaban J connectivity index is 1.81. The molecule has 0 radical (unpaired) electrons. The van der Waals surface area contributed by atoms with E-state index in [1.54, 1.807) is 16.8 Å². The van der Waals surface area contributed by atoms with Gasteiger partial charge in [-0.3, -0.25) is 4.79 Å². The zero-order valence-corrected chi connectivity index (χ0v) is 16.7. The molecule has 0 aliphatic rings. The van der Waals surface area contributed by atoms with Crippen molar-refractivity contribution in [2.24, 2.45) is 0 Å². The fourth-order valence-electron chi connectivity index (χ4n) is 2.81. The second kappa shape index (κ2) is 8.31. The molecule has 0 aliphatic carbocycles. The maximum absolute atomic E-state index is 12.5. The maximum Gasteiger partial charge on any atom is 0.185 e. The largest absolute Gasteiger partial charge is 0.504 e. The zero-order chi connectivity index (χ0) is 20.3. The highest BCUT2D eigenvalue weighted by Crippen LogP contribution is 2.27. The summed E-state index contributed by atoms with van der Waals surface area (Å²) >= 11 is 6.49. The van der Waals surface area contributed by atoms with Crippen LogP contribution >= 0.6 is 11.6 Å². The molecule has 1 heterocycles. The van der Waals surface area contributed by atoms with Crippen LogP contribution in [0.25, 0.3) is 6.08 Å². The molecule has 0 atom stereocenters. The fraction of sp³-hybridized carbons (Fsp3) is 0.182. The number of halogens is 1. The Bertz CT molecular complexity index is 1040. The van der Waals surface area contributed by atoms with Gasteiger partial charge in [0, 0.05) is 11.1 Å². The number of aryl methyl sites for hydroxylation is 2. The summed E-state index contributed by atoms with van der Waals surface area (Å²) in [5, 5.41) is 14.6. The molecule has 0 aliphatic heterocycles. The van der Waals surface area contributed by atoms with Crippen molar-refractivity contribution < 1.29 is 14.6 Å². The standard InChI is InChI=1S/C22H21ClN2O3/c1-14-4-6-16(7-5-14)13-25-22(23)18(15(2)24-25)9-11-19(26)17-8-10-20(27)21(12-17)28-3/h4-12,27H,13H2,1-3H3/b11-9+. The van der Waals surface area contributed by atoms with Crippen LogP contribution in [-0.2, 0) is 6.54 Å². The number of phenols is 1. The normalized spacial score (nSPS) is 11.1. The summed E-state index contributed by atoms with van der Waals surface area (Å²) in [5.41, 5.74) is 4.14. The van der Waals surface area contributed by atoms with Crippen molar-refractivity contribution in [2.75, 3.05) is 7.11 Å². The molecule has 2 aromatic carbocycles. The minimum absolute atomic E-state index is 0.0145. The third kappa shape index (κ3) is 4.26. The number of ketones is 1. The number of aromatic nitrogens is 2. The number of methoxy groups -OCH3 is 1. The smallest absolute Gasteiger partial charge is 0.185 e. The lowest BCUT2D eigenvalue weighted by atomic mass is 10.1. The van der Waals surface area contributed by atoms with Gasteiger partial charge in [-0.2, -0.15) is 5.10 Å². The molecule has 0 amide bonds. The number of rotatable bonds is 6. The highest BCUT2D eigenvalue weighted by Gasteiger charge is 2.13. The maximum atomic E-state index is 12.5. The van der Waals surface area contributed by atoms with Gasteiger partial charge in [0.25, 0.3) is 0 Å². The van der Waals surface area contributed by atoms with Crippen LogP contribution in [0.2, 0.25) is 5.15 Å². The number of nitrogens with zero attached hydrogens (tertiary/aromatic N) is 2. The van der Waals surface area contributed by atoms with Crippen LogP contribution in [0.15, 0.2) is 48.5 Å². The summed E-state index contributed by atoms with van der Waals surface area (Å²) < 4.78 is 6.76. The van der Waals surface area contributed by atoms with Gasteiger partial charge in [0.2, 0.25) is 0 Å². The van der Waals surface area contributed by atoms with E-state index < -0.39 is 0 Å². The first-order valence-electron chi connectivity index (χ1n) is 8.77. The molecule has 0 saturated heterocycles. The molecule has 0 fully saturated rings. The number of phenolic OH excluding ortho intramolecular Hbond substituents is 1. The first-order chi connectivity index (χ1) is 13.4. The Morgan fingerprint density at radius 2 is 1.93 bits per heavy atom. The number of carbonyl (C=O) groups is 1. The Labute approximate surface area is 168 Å². The van der Waals surface area contributed by atoms with Gasteiger partial charge in [-0.15, -0.1) is 0 Å². The Hall–Kier alpha value is -3.05. The van der Waals surface area contributed by atoms with Crippen molar-refractivity contribution in [3.8, 4) is 11.5 Å². The van der Waals surface area contributed by atoms with Crippen LogP contribution in [0, 0.1) is 13.8 Å². The number of hydrogen-bond acceptors (Lipinski definition) is 4. The predicted molar refractivity (Wildman–Crippen MR) is 110 cm³/mol. The molecular weight excluding hydrogens is 376 g/mol. The van der Waals surface area contributed by atoms with Crippen LogP contribution in [0.1, 0.15) is 32.7 Å². The molecule has 0 spiro atoms. The molecule has 1 N–H and O–H groups in total.